The number of hydrazone groups is 1. The van der Waals surface area contributed by atoms with Crippen molar-refractivity contribution in [2.75, 3.05) is 31.1 Å². The van der Waals surface area contributed by atoms with Gasteiger partial charge in [0.25, 0.3) is 5.91 Å². The van der Waals surface area contributed by atoms with Crippen LogP contribution in [-0.2, 0) is 20.9 Å². The summed E-state index contributed by atoms with van der Waals surface area (Å²) in [6.07, 6.45) is 1.47. The fourth-order valence-electron chi connectivity index (χ4n) is 2.94. The summed E-state index contributed by atoms with van der Waals surface area (Å²) in [7, 11) is 5.25. The fraction of sp³-hybridized carbons (Fsp3) is 0.227. The van der Waals surface area contributed by atoms with Crippen LogP contribution in [0.4, 0.5) is 11.4 Å². The van der Waals surface area contributed by atoms with Gasteiger partial charge in [-0.15, -0.1) is 0 Å². The number of benzene rings is 2. The van der Waals surface area contributed by atoms with E-state index < -0.39 is 5.97 Å². The summed E-state index contributed by atoms with van der Waals surface area (Å²) in [6.45, 7) is 0.510. The van der Waals surface area contributed by atoms with E-state index in [1.54, 1.807) is 30.5 Å². The van der Waals surface area contributed by atoms with Gasteiger partial charge in [-0.25, -0.2) is 0 Å². The third-order valence-electron chi connectivity index (χ3n) is 4.55. The number of hydrogen-bond donors (Lipinski definition) is 1. The van der Waals surface area contributed by atoms with E-state index in [0.717, 1.165) is 11.3 Å². The number of amides is 1. The Kier molecular flexibility index (Phi) is 6.74. The summed E-state index contributed by atoms with van der Waals surface area (Å²) in [6, 6.07) is 15.0. The van der Waals surface area contributed by atoms with E-state index in [-0.39, 0.29) is 12.3 Å². The van der Waals surface area contributed by atoms with Gasteiger partial charge in [0.05, 0.1) is 35.5 Å². The van der Waals surface area contributed by atoms with Gasteiger partial charge in [0.15, 0.2) is 0 Å². The number of carbonyl (C=O) groups excluding carboxylic acids is 2. The van der Waals surface area contributed by atoms with E-state index in [1.165, 1.54) is 12.1 Å². The number of nitrogens with zero attached hydrogens (tertiary/aromatic N) is 3. The van der Waals surface area contributed by atoms with Crippen LogP contribution in [0.3, 0.4) is 0 Å². The first-order valence-electron chi connectivity index (χ1n) is 9.34. The Bertz CT molecular complexity index is 1020. The summed E-state index contributed by atoms with van der Waals surface area (Å²) in [5, 5.41) is 9.09. The van der Waals surface area contributed by atoms with Crippen LogP contribution in [0.25, 0.3) is 0 Å². The number of nitrogens with one attached hydrogen (secondary N) is 1. The molecule has 0 radical (unpaired) electrons. The number of ether oxygens (including phenoxy) is 1. The Hall–Kier alpha value is -3.32. The molecule has 30 heavy (non-hydrogen) atoms. The normalized spacial score (nSPS) is 14.7. The Labute approximate surface area is 180 Å². The molecule has 0 bridgehead atoms. The Balaban J connectivity index is 1.83. The molecule has 0 aliphatic carbocycles. The van der Waals surface area contributed by atoms with Gasteiger partial charge >= 0.3 is 5.97 Å². The fourth-order valence-corrected chi connectivity index (χ4v) is 3.16. The number of rotatable bonds is 7. The van der Waals surface area contributed by atoms with Gasteiger partial charge in [-0.3, -0.25) is 9.59 Å². The maximum Gasteiger partial charge on any atom is 0.311 e. The first-order valence-corrected chi connectivity index (χ1v) is 9.72. The van der Waals surface area contributed by atoms with E-state index >= 15 is 0 Å². The molecule has 0 spiro atoms. The molecule has 156 valence electrons. The van der Waals surface area contributed by atoms with E-state index in [0.29, 0.717) is 28.5 Å². The topological polar surface area (TPSA) is 74.2 Å². The van der Waals surface area contributed by atoms with Crippen LogP contribution in [0, 0.1) is 0 Å². The standard InChI is InChI=1S/C22H23ClN4O3/c1-26(2)16-8-6-7-15(11-16)13-24-14-17-19(12-21(28)30-3)25-27(22(17)29)20-10-5-4-9-18(20)23/h4-11,14,24H,12-13H2,1-3H3/b17-14-. The van der Waals surface area contributed by atoms with E-state index in [4.69, 9.17) is 16.3 Å². The molecule has 3 rings (SSSR count). The molecular weight excluding hydrogens is 404 g/mol. The zero-order valence-electron chi connectivity index (χ0n) is 17.1. The summed E-state index contributed by atoms with van der Waals surface area (Å²) in [4.78, 5) is 26.8. The van der Waals surface area contributed by atoms with Gasteiger partial charge in [-0.2, -0.15) is 10.1 Å². The molecule has 0 atom stereocenters. The quantitative estimate of drug-likeness (QED) is 0.543. The van der Waals surface area contributed by atoms with Crippen LogP contribution in [0.15, 0.2) is 65.4 Å². The van der Waals surface area contributed by atoms with Crippen molar-refractivity contribution in [2.45, 2.75) is 13.0 Å². The molecule has 1 heterocycles. The molecule has 0 saturated carbocycles. The van der Waals surface area contributed by atoms with Crippen molar-refractivity contribution in [2.24, 2.45) is 5.10 Å². The third-order valence-corrected chi connectivity index (χ3v) is 4.87. The number of halogens is 1. The summed E-state index contributed by atoms with van der Waals surface area (Å²) in [5.74, 6) is -0.844. The molecule has 2 aromatic carbocycles. The van der Waals surface area contributed by atoms with E-state index in [9.17, 15) is 9.59 Å². The number of hydrogen-bond acceptors (Lipinski definition) is 6. The highest BCUT2D eigenvalue weighted by Gasteiger charge is 2.33. The maximum atomic E-state index is 13.0. The van der Waals surface area contributed by atoms with Gasteiger partial charge < -0.3 is 15.0 Å². The van der Waals surface area contributed by atoms with Gasteiger partial charge in [0.2, 0.25) is 0 Å². The van der Waals surface area contributed by atoms with Gasteiger partial charge in [0, 0.05) is 32.5 Å². The number of para-hydroxylation sites is 1. The van der Waals surface area contributed by atoms with Crippen LogP contribution >= 0.6 is 11.6 Å². The molecule has 1 amide bonds. The molecule has 0 unspecified atom stereocenters. The van der Waals surface area contributed by atoms with Crippen LogP contribution < -0.4 is 15.2 Å². The predicted octanol–water partition coefficient (Wildman–Crippen LogP) is 3.35. The lowest BCUT2D eigenvalue weighted by molar-refractivity contribution is -0.139. The monoisotopic (exact) mass is 426 g/mol. The summed E-state index contributed by atoms with van der Waals surface area (Å²) in [5.41, 5.74) is 3.20. The Morgan fingerprint density at radius 3 is 2.70 bits per heavy atom. The molecule has 0 fully saturated rings. The van der Waals surface area contributed by atoms with Crippen LogP contribution in [0.2, 0.25) is 5.02 Å². The maximum absolute atomic E-state index is 13.0. The smallest absolute Gasteiger partial charge is 0.311 e. The third kappa shape index (κ3) is 4.80. The lowest BCUT2D eigenvalue weighted by Crippen LogP contribution is -2.23. The lowest BCUT2D eigenvalue weighted by atomic mass is 10.1. The highest BCUT2D eigenvalue weighted by atomic mass is 35.5. The molecule has 8 heteroatoms. The van der Waals surface area contributed by atoms with Crippen molar-refractivity contribution in [1.29, 1.82) is 0 Å². The first-order chi connectivity index (χ1) is 14.4. The minimum absolute atomic E-state index is 0.118. The van der Waals surface area contributed by atoms with Crippen LogP contribution in [0.5, 0.6) is 0 Å². The van der Waals surface area contributed by atoms with Crippen molar-refractivity contribution in [3.8, 4) is 0 Å². The SMILES string of the molecule is COC(=O)CC1=NN(c2ccccc2Cl)C(=O)/C1=C\NCc1cccc(N(C)C)c1. The van der Waals surface area contributed by atoms with Gasteiger partial charge in [0.1, 0.15) is 0 Å². The molecular formula is C22H23ClN4O3. The van der Waals surface area contributed by atoms with Crippen molar-refractivity contribution >= 4 is 40.6 Å². The van der Waals surface area contributed by atoms with Crippen molar-refractivity contribution in [3.63, 3.8) is 0 Å². The van der Waals surface area contributed by atoms with Gasteiger partial charge in [-0.05, 0) is 29.8 Å². The molecule has 0 saturated heterocycles. The number of carbonyl (C=O) groups is 2. The summed E-state index contributed by atoms with van der Waals surface area (Å²) >= 11 is 6.23. The second kappa shape index (κ2) is 9.45. The zero-order chi connectivity index (χ0) is 21.7. The largest absolute Gasteiger partial charge is 0.469 e. The van der Waals surface area contributed by atoms with Gasteiger partial charge in [-0.1, -0.05) is 35.9 Å². The van der Waals surface area contributed by atoms with E-state index in [2.05, 4.69) is 16.5 Å². The highest BCUT2D eigenvalue weighted by molar-refractivity contribution is 6.37. The van der Waals surface area contributed by atoms with Crippen molar-refractivity contribution in [3.05, 3.63) is 70.9 Å². The molecule has 1 N–H and O–H groups in total. The molecule has 0 aromatic heterocycles. The molecule has 2 aromatic rings. The zero-order valence-corrected chi connectivity index (χ0v) is 17.8. The average molecular weight is 427 g/mol. The van der Waals surface area contributed by atoms with Crippen molar-refractivity contribution < 1.29 is 14.3 Å². The number of methoxy groups -OCH3 is 1. The van der Waals surface area contributed by atoms with Crippen LogP contribution in [-0.4, -0.2) is 38.8 Å². The van der Waals surface area contributed by atoms with Crippen molar-refractivity contribution in [1.82, 2.24) is 5.32 Å². The minimum atomic E-state index is -0.479. The number of anilines is 2. The molecule has 7 nitrogen and oxygen atoms in total. The second-order valence-corrected chi connectivity index (χ2v) is 7.28. The number of esters is 1. The van der Waals surface area contributed by atoms with E-state index in [1.807, 2.05) is 37.2 Å². The second-order valence-electron chi connectivity index (χ2n) is 6.87. The molecule has 1 aliphatic rings. The predicted molar refractivity (Wildman–Crippen MR) is 119 cm³/mol. The molecule has 1 aliphatic heterocycles. The summed E-state index contributed by atoms with van der Waals surface area (Å²) < 4.78 is 4.74. The Morgan fingerprint density at radius 2 is 2.00 bits per heavy atom. The lowest BCUT2D eigenvalue weighted by Gasteiger charge is -2.14. The van der Waals surface area contributed by atoms with Crippen LogP contribution in [0.1, 0.15) is 12.0 Å². The average Bonchev–Trinajstić information content (AvgIpc) is 3.03. The minimum Gasteiger partial charge on any atom is -0.469 e. The highest BCUT2D eigenvalue weighted by Crippen LogP contribution is 2.30. The Morgan fingerprint density at radius 1 is 1.23 bits per heavy atom. The first kappa shape index (κ1) is 21.4.